The molecule has 0 N–H and O–H groups in total. The van der Waals surface area contributed by atoms with E-state index in [-0.39, 0.29) is 17.9 Å². The fraction of sp³-hybridized carbons (Fsp3) is 0.360. The van der Waals surface area contributed by atoms with E-state index in [9.17, 15) is 9.59 Å². The maximum Gasteiger partial charge on any atom is 0.282 e. The van der Waals surface area contributed by atoms with Crippen LogP contribution in [0.1, 0.15) is 39.2 Å². The lowest BCUT2D eigenvalue weighted by Gasteiger charge is -2.33. The Morgan fingerprint density at radius 1 is 1.06 bits per heavy atom. The second-order valence-corrected chi connectivity index (χ2v) is 8.97. The van der Waals surface area contributed by atoms with E-state index < -0.39 is 0 Å². The molecule has 1 unspecified atom stereocenters. The van der Waals surface area contributed by atoms with Crippen molar-refractivity contribution in [3.05, 3.63) is 64.8 Å². The van der Waals surface area contributed by atoms with Crippen LogP contribution in [0.3, 0.4) is 0 Å². The molecule has 2 aromatic rings. The number of carbonyl (C=O) groups is 2. The van der Waals surface area contributed by atoms with Gasteiger partial charge in [0, 0.05) is 18.1 Å². The first-order valence-corrected chi connectivity index (χ1v) is 11.1. The van der Waals surface area contributed by atoms with Crippen LogP contribution in [0.5, 0.6) is 5.75 Å². The minimum absolute atomic E-state index is 0.0588. The van der Waals surface area contributed by atoms with Crippen LogP contribution in [-0.4, -0.2) is 35.9 Å². The Kier molecular flexibility index (Phi) is 6.05. The van der Waals surface area contributed by atoms with Gasteiger partial charge in [-0.15, -0.1) is 0 Å². The van der Waals surface area contributed by atoms with Gasteiger partial charge in [0.25, 0.3) is 11.8 Å². The number of nitrogens with zero attached hydrogens (tertiary/aromatic N) is 2. The van der Waals surface area contributed by atoms with Gasteiger partial charge in [-0.05, 0) is 68.5 Å². The van der Waals surface area contributed by atoms with Gasteiger partial charge in [0.15, 0.2) is 0 Å². The minimum atomic E-state index is -0.321. The zero-order chi connectivity index (χ0) is 22.1. The number of likely N-dealkylation sites (tertiary alicyclic amines) is 1. The fourth-order valence-electron chi connectivity index (χ4n) is 4.29. The number of hydrogen-bond acceptors (Lipinski definition) is 4. The zero-order valence-corrected chi connectivity index (χ0v) is 18.9. The summed E-state index contributed by atoms with van der Waals surface area (Å²) in [5, 5.41) is 0.481. The third-order valence-corrected chi connectivity index (χ3v) is 5.85. The fourth-order valence-corrected chi connectivity index (χ4v) is 4.47. The van der Waals surface area contributed by atoms with Gasteiger partial charge in [-0.1, -0.05) is 36.7 Å². The number of carbonyl (C=O) groups excluding carboxylic acids is 2. The molecular weight excluding hydrogens is 412 g/mol. The molecule has 5 nitrogen and oxygen atoms in total. The van der Waals surface area contributed by atoms with Crippen molar-refractivity contribution in [2.45, 2.75) is 39.7 Å². The Morgan fingerprint density at radius 2 is 1.81 bits per heavy atom. The van der Waals surface area contributed by atoms with E-state index in [1.807, 2.05) is 38.1 Å². The van der Waals surface area contributed by atoms with E-state index in [1.165, 1.54) is 4.90 Å². The second-order valence-electron chi connectivity index (χ2n) is 8.53. The van der Waals surface area contributed by atoms with E-state index >= 15 is 0 Å². The Bertz CT molecular complexity index is 1030. The van der Waals surface area contributed by atoms with Crippen molar-refractivity contribution in [1.82, 2.24) is 4.90 Å². The predicted octanol–water partition coefficient (Wildman–Crippen LogP) is 5.14. The molecule has 31 heavy (non-hydrogen) atoms. The first kappa shape index (κ1) is 21.4. The van der Waals surface area contributed by atoms with E-state index in [1.54, 1.807) is 24.3 Å². The molecule has 1 saturated heterocycles. The molecule has 2 aliphatic heterocycles. The molecule has 0 radical (unpaired) electrons. The normalized spacial score (nSPS) is 19.6. The van der Waals surface area contributed by atoms with Gasteiger partial charge < -0.3 is 9.64 Å². The lowest BCUT2D eigenvalue weighted by atomic mass is 9.97. The van der Waals surface area contributed by atoms with Crippen LogP contribution in [0.2, 0.25) is 5.02 Å². The Hall–Kier alpha value is -2.79. The van der Waals surface area contributed by atoms with E-state index in [2.05, 4.69) is 11.8 Å². The predicted molar refractivity (Wildman–Crippen MR) is 123 cm³/mol. The SMILES string of the molecule is CC1CCCN(C2=C(c3ccc(OC(C)C)cc3)C(=O)N(c3cccc(Cl)c3)C2=O)C1. The summed E-state index contributed by atoms with van der Waals surface area (Å²) in [5.74, 6) is 0.584. The maximum absolute atomic E-state index is 13.6. The number of piperidine rings is 1. The number of halogens is 1. The van der Waals surface area contributed by atoms with Crippen LogP contribution in [0.15, 0.2) is 54.2 Å². The van der Waals surface area contributed by atoms with Gasteiger partial charge in [0.2, 0.25) is 0 Å². The molecule has 0 saturated carbocycles. The average molecular weight is 439 g/mol. The number of ether oxygens (including phenoxy) is 1. The second kappa shape index (κ2) is 8.75. The topological polar surface area (TPSA) is 49.9 Å². The summed E-state index contributed by atoms with van der Waals surface area (Å²) in [6.07, 6.45) is 2.18. The van der Waals surface area contributed by atoms with Gasteiger partial charge in [-0.2, -0.15) is 0 Å². The molecule has 1 atom stereocenters. The third kappa shape index (κ3) is 4.33. The highest BCUT2D eigenvalue weighted by Crippen LogP contribution is 2.37. The van der Waals surface area contributed by atoms with Gasteiger partial charge in [-0.25, -0.2) is 4.90 Å². The maximum atomic E-state index is 13.6. The van der Waals surface area contributed by atoms with Crippen LogP contribution in [0.4, 0.5) is 5.69 Å². The average Bonchev–Trinajstić information content (AvgIpc) is 2.98. The highest BCUT2D eigenvalue weighted by molar-refractivity contribution is 6.45. The van der Waals surface area contributed by atoms with E-state index in [0.29, 0.717) is 33.5 Å². The third-order valence-electron chi connectivity index (χ3n) is 5.61. The molecule has 6 heteroatoms. The van der Waals surface area contributed by atoms with Crippen LogP contribution in [0, 0.1) is 5.92 Å². The summed E-state index contributed by atoms with van der Waals surface area (Å²) in [4.78, 5) is 30.5. The molecule has 0 bridgehead atoms. The molecule has 2 heterocycles. The number of imide groups is 1. The smallest absolute Gasteiger partial charge is 0.282 e. The van der Waals surface area contributed by atoms with Crippen LogP contribution < -0.4 is 9.64 Å². The van der Waals surface area contributed by atoms with Crippen molar-refractivity contribution in [3.8, 4) is 5.75 Å². The highest BCUT2D eigenvalue weighted by atomic mass is 35.5. The number of amides is 2. The summed E-state index contributed by atoms with van der Waals surface area (Å²) in [5.41, 5.74) is 2.12. The molecule has 2 amide bonds. The Labute approximate surface area is 188 Å². The van der Waals surface area contributed by atoms with Gasteiger partial charge in [0.05, 0.1) is 17.4 Å². The first-order chi connectivity index (χ1) is 14.8. The summed E-state index contributed by atoms with van der Waals surface area (Å²) in [7, 11) is 0. The van der Waals surface area contributed by atoms with Crippen molar-refractivity contribution in [2.24, 2.45) is 5.92 Å². The van der Waals surface area contributed by atoms with Crippen molar-refractivity contribution >= 4 is 34.7 Å². The van der Waals surface area contributed by atoms with E-state index in [4.69, 9.17) is 16.3 Å². The quantitative estimate of drug-likeness (QED) is 0.606. The first-order valence-electron chi connectivity index (χ1n) is 10.8. The number of benzene rings is 2. The van der Waals surface area contributed by atoms with Gasteiger partial charge >= 0.3 is 0 Å². The van der Waals surface area contributed by atoms with Gasteiger partial charge in [0.1, 0.15) is 11.4 Å². The molecule has 0 spiro atoms. The molecule has 1 fully saturated rings. The van der Waals surface area contributed by atoms with Crippen molar-refractivity contribution in [1.29, 1.82) is 0 Å². The summed E-state index contributed by atoms with van der Waals surface area (Å²) < 4.78 is 5.74. The molecule has 2 aromatic carbocycles. The molecule has 162 valence electrons. The standard InChI is InChI=1S/C25H27ClN2O3/c1-16(2)31-21-11-9-18(10-12-21)22-23(27-13-5-6-17(3)15-27)25(30)28(24(22)29)20-8-4-7-19(26)14-20/h4,7-12,14,16-17H,5-6,13,15H2,1-3H3. The summed E-state index contributed by atoms with van der Waals surface area (Å²) in [6, 6.07) is 14.3. The van der Waals surface area contributed by atoms with Gasteiger partial charge in [-0.3, -0.25) is 9.59 Å². The van der Waals surface area contributed by atoms with Crippen molar-refractivity contribution < 1.29 is 14.3 Å². The summed E-state index contributed by atoms with van der Waals surface area (Å²) in [6.45, 7) is 7.64. The molecule has 0 aromatic heterocycles. The molecule has 4 rings (SSSR count). The minimum Gasteiger partial charge on any atom is -0.491 e. The number of rotatable bonds is 5. The zero-order valence-electron chi connectivity index (χ0n) is 18.1. The monoisotopic (exact) mass is 438 g/mol. The van der Waals surface area contributed by atoms with Crippen molar-refractivity contribution in [2.75, 3.05) is 18.0 Å². The Morgan fingerprint density at radius 3 is 2.45 bits per heavy atom. The van der Waals surface area contributed by atoms with E-state index in [0.717, 1.165) is 31.7 Å². The summed E-state index contributed by atoms with van der Waals surface area (Å²) >= 11 is 6.15. The molecular formula is C25H27ClN2O3. The van der Waals surface area contributed by atoms with Crippen LogP contribution >= 0.6 is 11.6 Å². The van der Waals surface area contributed by atoms with Crippen LogP contribution in [-0.2, 0) is 9.59 Å². The highest BCUT2D eigenvalue weighted by Gasteiger charge is 2.43. The molecule has 2 aliphatic rings. The lowest BCUT2D eigenvalue weighted by Crippen LogP contribution is -2.39. The number of anilines is 1. The van der Waals surface area contributed by atoms with Crippen LogP contribution in [0.25, 0.3) is 5.57 Å². The largest absolute Gasteiger partial charge is 0.491 e. The lowest BCUT2D eigenvalue weighted by molar-refractivity contribution is -0.120. The number of hydrogen-bond donors (Lipinski definition) is 0. The molecule has 0 aliphatic carbocycles. The van der Waals surface area contributed by atoms with Crippen molar-refractivity contribution in [3.63, 3.8) is 0 Å². The Balaban J connectivity index is 1.78.